The molecule has 23 heavy (non-hydrogen) atoms. The first-order chi connectivity index (χ1) is 10.8. The lowest BCUT2D eigenvalue weighted by molar-refractivity contribution is 0.112. The number of aldehydes is 1. The van der Waals surface area contributed by atoms with Crippen LogP contribution in [0.4, 0.5) is 0 Å². The highest BCUT2D eigenvalue weighted by atomic mass is 35.5. The van der Waals surface area contributed by atoms with Gasteiger partial charge in [-0.1, -0.05) is 29.8 Å². The first-order valence-corrected chi connectivity index (χ1v) is 8.98. The maximum Gasteiger partial charge on any atom is 0.248 e. The van der Waals surface area contributed by atoms with Crippen LogP contribution in [0, 0.1) is 6.92 Å². The molecule has 1 aliphatic rings. The lowest BCUT2D eigenvalue weighted by Crippen LogP contribution is -2.38. The van der Waals surface area contributed by atoms with Gasteiger partial charge in [-0.3, -0.25) is 4.79 Å². The second-order valence-corrected chi connectivity index (χ2v) is 8.63. The topological polar surface area (TPSA) is 56.1 Å². The van der Waals surface area contributed by atoms with E-state index in [-0.39, 0.29) is 0 Å². The van der Waals surface area contributed by atoms with Gasteiger partial charge in [-0.25, -0.2) is 12.4 Å². The minimum absolute atomic E-state index is 0.345. The van der Waals surface area contributed by atoms with Crippen LogP contribution in [0.2, 0.25) is 0 Å². The summed E-state index contributed by atoms with van der Waals surface area (Å²) >= 11 is 6.02. The van der Waals surface area contributed by atoms with Crippen molar-refractivity contribution >= 4 is 38.8 Å². The molecule has 0 saturated carbocycles. The molecule has 0 amide bonds. The molecule has 6 heteroatoms. The van der Waals surface area contributed by atoms with Crippen molar-refractivity contribution in [1.82, 2.24) is 3.97 Å². The van der Waals surface area contributed by atoms with E-state index in [1.54, 1.807) is 43.4 Å². The first-order valence-electron chi connectivity index (χ1n) is 7.16. The van der Waals surface area contributed by atoms with Gasteiger partial charge >= 0.3 is 0 Å². The average molecular weight is 350 g/mol. The van der Waals surface area contributed by atoms with Gasteiger partial charge in [0.1, 0.15) is 4.75 Å². The summed E-state index contributed by atoms with van der Waals surface area (Å²) in [7, 11) is -3.74. The van der Waals surface area contributed by atoms with Crippen LogP contribution in [-0.2, 0) is 10.0 Å². The molecule has 1 unspecified atom stereocenters. The molecule has 0 bridgehead atoms. The number of aryl methyl sites for hydroxylation is 1. The summed E-state index contributed by atoms with van der Waals surface area (Å²) in [4.78, 5) is 11.2. The van der Waals surface area contributed by atoms with E-state index in [2.05, 4.69) is 0 Å². The Morgan fingerprint density at radius 1 is 1.30 bits per heavy atom. The Morgan fingerprint density at radius 3 is 2.70 bits per heavy atom. The fourth-order valence-corrected chi connectivity index (χ4v) is 5.06. The van der Waals surface area contributed by atoms with Gasteiger partial charge in [0.2, 0.25) is 10.0 Å². The van der Waals surface area contributed by atoms with E-state index in [1.165, 1.54) is 10.2 Å². The summed E-state index contributed by atoms with van der Waals surface area (Å²) in [6.07, 6.45) is 7.61. The van der Waals surface area contributed by atoms with Crippen LogP contribution in [0.25, 0.3) is 10.9 Å². The minimum Gasteiger partial charge on any atom is -0.298 e. The van der Waals surface area contributed by atoms with Crippen molar-refractivity contribution in [3.8, 4) is 0 Å². The number of nitrogens with zero attached hydrogens (tertiary/aromatic N) is 1. The molecule has 0 aliphatic heterocycles. The predicted octanol–water partition coefficient (Wildman–Crippen LogP) is 3.78. The molecule has 3 rings (SSSR count). The third-order valence-corrected chi connectivity index (χ3v) is 6.79. The third-order valence-electron chi connectivity index (χ3n) is 4.27. The van der Waals surface area contributed by atoms with Crippen LogP contribution < -0.4 is 0 Å². The van der Waals surface area contributed by atoms with Crippen molar-refractivity contribution in [2.75, 3.05) is 0 Å². The molecule has 1 atom stereocenters. The van der Waals surface area contributed by atoms with Gasteiger partial charge < -0.3 is 0 Å². The third kappa shape index (κ3) is 2.35. The van der Waals surface area contributed by atoms with Crippen molar-refractivity contribution in [2.24, 2.45) is 0 Å². The molecule has 0 radical (unpaired) electrons. The molecule has 1 heterocycles. The van der Waals surface area contributed by atoms with Crippen LogP contribution in [0.1, 0.15) is 29.3 Å². The Hall–Kier alpha value is -1.85. The fraction of sp³-hybridized carbons (Fsp3) is 0.235. The molecule has 2 aromatic rings. The monoisotopic (exact) mass is 349 g/mol. The smallest absolute Gasteiger partial charge is 0.248 e. The zero-order valence-corrected chi connectivity index (χ0v) is 14.4. The van der Waals surface area contributed by atoms with E-state index in [0.717, 1.165) is 11.8 Å². The minimum atomic E-state index is -3.74. The Labute approximate surface area is 140 Å². The SMILES string of the molecule is Cc1ccc(C=O)c2ccn(S(=O)(=O)C3(C)C=C(Cl)C=CC3)c12. The molecule has 4 nitrogen and oxygen atoms in total. The summed E-state index contributed by atoms with van der Waals surface area (Å²) in [5, 5.41) is 1.04. The number of halogens is 1. The maximum absolute atomic E-state index is 13.2. The molecule has 0 spiro atoms. The van der Waals surface area contributed by atoms with Crippen LogP contribution in [0.15, 0.2) is 47.7 Å². The summed E-state index contributed by atoms with van der Waals surface area (Å²) in [6, 6.07) is 5.12. The van der Waals surface area contributed by atoms with Gasteiger partial charge in [0.05, 0.1) is 5.52 Å². The van der Waals surface area contributed by atoms with Gasteiger partial charge in [-0.05, 0) is 44.1 Å². The molecule has 1 aliphatic carbocycles. The Balaban J connectivity index is 2.29. The predicted molar refractivity (Wildman–Crippen MR) is 92.5 cm³/mol. The quantitative estimate of drug-likeness (QED) is 0.792. The highest BCUT2D eigenvalue weighted by Crippen LogP contribution is 2.35. The largest absolute Gasteiger partial charge is 0.298 e. The van der Waals surface area contributed by atoms with Crippen LogP contribution in [-0.4, -0.2) is 23.4 Å². The van der Waals surface area contributed by atoms with Crippen LogP contribution >= 0.6 is 11.6 Å². The number of hydrogen-bond donors (Lipinski definition) is 0. The van der Waals surface area contributed by atoms with Gasteiger partial charge in [0.25, 0.3) is 0 Å². The van der Waals surface area contributed by atoms with Gasteiger partial charge in [-0.15, -0.1) is 0 Å². The molecule has 1 aromatic heterocycles. The number of benzene rings is 1. The zero-order valence-electron chi connectivity index (χ0n) is 12.8. The number of carbonyl (C=O) groups excluding carboxylic acids is 1. The van der Waals surface area contributed by atoms with Gasteiger partial charge in [-0.2, -0.15) is 0 Å². The number of aromatic nitrogens is 1. The number of carbonyl (C=O) groups is 1. The van der Waals surface area contributed by atoms with Crippen molar-refractivity contribution in [2.45, 2.75) is 25.0 Å². The van der Waals surface area contributed by atoms with E-state index in [4.69, 9.17) is 11.6 Å². The van der Waals surface area contributed by atoms with E-state index in [0.29, 0.717) is 27.9 Å². The Kier molecular flexibility index (Phi) is 3.73. The fourth-order valence-electron chi connectivity index (χ4n) is 2.93. The molecule has 0 fully saturated rings. The van der Waals surface area contributed by atoms with Gasteiger partial charge in [0, 0.05) is 22.2 Å². The zero-order chi connectivity index (χ0) is 16.8. The van der Waals surface area contributed by atoms with Crippen LogP contribution in [0.5, 0.6) is 0 Å². The van der Waals surface area contributed by atoms with E-state index < -0.39 is 14.8 Å². The highest BCUT2D eigenvalue weighted by molar-refractivity contribution is 7.91. The average Bonchev–Trinajstić information content (AvgIpc) is 2.94. The summed E-state index contributed by atoms with van der Waals surface area (Å²) in [5.74, 6) is 0. The molecule has 1 aromatic carbocycles. The van der Waals surface area contributed by atoms with E-state index in [9.17, 15) is 13.2 Å². The number of fused-ring (bicyclic) bond motifs is 1. The molecule has 0 N–H and O–H groups in total. The lowest BCUT2D eigenvalue weighted by atomic mass is 10.0. The number of hydrogen-bond acceptors (Lipinski definition) is 3. The normalized spacial score (nSPS) is 21.4. The lowest BCUT2D eigenvalue weighted by Gasteiger charge is -2.28. The molecule has 120 valence electrons. The molecular formula is C17H16ClNO3S. The number of allylic oxidation sites excluding steroid dienone is 3. The maximum atomic E-state index is 13.2. The van der Waals surface area contributed by atoms with Crippen LogP contribution in [0.3, 0.4) is 0 Å². The van der Waals surface area contributed by atoms with Crippen molar-refractivity contribution in [3.63, 3.8) is 0 Å². The summed E-state index contributed by atoms with van der Waals surface area (Å²) in [5.41, 5.74) is 1.81. The number of rotatable bonds is 3. The Morgan fingerprint density at radius 2 is 2.04 bits per heavy atom. The van der Waals surface area contributed by atoms with Crippen molar-refractivity contribution in [3.05, 3.63) is 58.8 Å². The second-order valence-electron chi connectivity index (χ2n) is 5.92. The molecule has 0 saturated heterocycles. The van der Waals surface area contributed by atoms with E-state index in [1.807, 2.05) is 6.92 Å². The second kappa shape index (κ2) is 5.35. The van der Waals surface area contributed by atoms with Crippen molar-refractivity contribution < 1.29 is 13.2 Å². The van der Waals surface area contributed by atoms with Gasteiger partial charge in [0.15, 0.2) is 6.29 Å². The summed E-state index contributed by atoms with van der Waals surface area (Å²) < 4.78 is 26.6. The molecular weight excluding hydrogens is 334 g/mol. The standard InChI is InChI=1S/C17H16ClNO3S/c1-12-5-6-13(11-20)15-7-9-19(16(12)15)23(21,22)17(2)8-3-4-14(18)10-17/h3-7,9-11H,8H2,1-2H3. The Bertz CT molecular complexity index is 969. The van der Waals surface area contributed by atoms with E-state index >= 15 is 0 Å². The first kappa shape index (κ1) is 16.0. The summed E-state index contributed by atoms with van der Waals surface area (Å²) in [6.45, 7) is 3.48. The highest BCUT2D eigenvalue weighted by Gasteiger charge is 2.39. The van der Waals surface area contributed by atoms with Crippen molar-refractivity contribution in [1.29, 1.82) is 0 Å².